The summed E-state index contributed by atoms with van der Waals surface area (Å²) in [6, 6.07) is 0. The number of rotatable bonds is 3. The summed E-state index contributed by atoms with van der Waals surface area (Å²) in [5, 5.41) is 0. The van der Waals surface area contributed by atoms with Gasteiger partial charge in [-0.25, -0.2) is 0 Å². The van der Waals surface area contributed by atoms with Crippen LogP contribution in [-0.4, -0.2) is 12.6 Å². The number of allylic oxidation sites excluding steroid dienone is 2. The number of carbonyl (C=O) groups excluding carboxylic acids is 1. The number of hydrogen-bond donors (Lipinski definition) is 0. The monoisotopic (exact) mass is 166 g/mol. The van der Waals surface area contributed by atoms with E-state index in [1.807, 2.05) is 18.2 Å². The Bertz CT molecular complexity index is 204. The van der Waals surface area contributed by atoms with Crippen LogP contribution in [0.5, 0.6) is 0 Å². The predicted octanol–water partition coefficient (Wildman–Crippen LogP) is 1.93. The second kappa shape index (κ2) is 4.10. The second-order valence-electron chi connectivity index (χ2n) is 3.29. The van der Waals surface area contributed by atoms with Gasteiger partial charge in [0.15, 0.2) is 0 Å². The summed E-state index contributed by atoms with van der Waals surface area (Å²) in [4.78, 5) is 10.2. The molecule has 2 heteroatoms. The van der Waals surface area contributed by atoms with Crippen LogP contribution in [0.3, 0.4) is 0 Å². The molecule has 0 aromatic heterocycles. The topological polar surface area (TPSA) is 26.3 Å². The van der Waals surface area contributed by atoms with Crippen LogP contribution in [0, 0.1) is 11.8 Å². The largest absolute Gasteiger partial charge is 0.460 e. The van der Waals surface area contributed by atoms with Gasteiger partial charge in [0.05, 0.1) is 0 Å². The zero-order valence-corrected chi connectivity index (χ0v) is 7.44. The molecule has 0 saturated heterocycles. The Morgan fingerprint density at radius 2 is 2.00 bits per heavy atom. The normalized spacial score (nSPS) is 27.6. The second-order valence-corrected chi connectivity index (χ2v) is 3.29. The smallest absolute Gasteiger partial charge is 0.293 e. The minimum Gasteiger partial charge on any atom is -0.460 e. The van der Waals surface area contributed by atoms with E-state index in [-0.39, 0.29) is 6.10 Å². The summed E-state index contributed by atoms with van der Waals surface area (Å²) in [7, 11) is 0. The molecule has 2 atom stereocenters. The summed E-state index contributed by atoms with van der Waals surface area (Å²) in [5.41, 5.74) is 0. The van der Waals surface area contributed by atoms with Crippen molar-refractivity contribution < 1.29 is 9.53 Å². The van der Waals surface area contributed by atoms with Crippen molar-refractivity contribution >= 4 is 6.47 Å². The van der Waals surface area contributed by atoms with Gasteiger partial charge in [-0.1, -0.05) is 32.1 Å². The highest BCUT2D eigenvalue weighted by atomic mass is 16.5. The van der Waals surface area contributed by atoms with Crippen LogP contribution in [0.25, 0.3) is 0 Å². The van der Waals surface area contributed by atoms with Crippen LogP contribution in [0.4, 0.5) is 0 Å². The van der Waals surface area contributed by atoms with Gasteiger partial charge < -0.3 is 4.74 Å². The number of carbonyl (C=O) groups is 1. The average molecular weight is 166 g/mol. The van der Waals surface area contributed by atoms with Crippen molar-refractivity contribution in [2.45, 2.75) is 20.0 Å². The quantitative estimate of drug-likeness (QED) is 0.599. The first-order chi connectivity index (χ1) is 5.75. The molecule has 66 valence electrons. The first kappa shape index (κ1) is 9.04. The summed E-state index contributed by atoms with van der Waals surface area (Å²) in [5.74, 6) is 0.816. The lowest BCUT2D eigenvalue weighted by Crippen LogP contribution is -2.25. The van der Waals surface area contributed by atoms with Crippen molar-refractivity contribution in [3.05, 3.63) is 24.3 Å². The van der Waals surface area contributed by atoms with Gasteiger partial charge in [0.25, 0.3) is 6.47 Å². The molecular formula is C10H14O2. The van der Waals surface area contributed by atoms with Gasteiger partial charge >= 0.3 is 0 Å². The molecule has 2 nitrogen and oxygen atoms in total. The van der Waals surface area contributed by atoms with Crippen molar-refractivity contribution in [1.29, 1.82) is 0 Å². The molecule has 0 spiro atoms. The van der Waals surface area contributed by atoms with Crippen LogP contribution in [0.2, 0.25) is 0 Å². The minimum atomic E-state index is -0.0764. The average Bonchev–Trinajstić information content (AvgIpc) is 2.05. The highest BCUT2D eigenvalue weighted by molar-refractivity contribution is 5.39. The molecule has 0 amide bonds. The third kappa shape index (κ3) is 1.97. The van der Waals surface area contributed by atoms with Gasteiger partial charge in [-0.15, -0.1) is 0 Å². The third-order valence-corrected chi connectivity index (χ3v) is 2.11. The van der Waals surface area contributed by atoms with E-state index < -0.39 is 0 Å². The van der Waals surface area contributed by atoms with E-state index in [9.17, 15) is 4.79 Å². The lowest BCUT2D eigenvalue weighted by atomic mass is 9.87. The molecule has 0 heterocycles. The number of ether oxygens (including phenoxy) is 1. The maximum atomic E-state index is 10.2. The molecule has 1 rings (SSSR count). The van der Waals surface area contributed by atoms with Crippen LogP contribution >= 0.6 is 0 Å². The molecule has 12 heavy (non-hydrogen) atoms. The van der Waals surface area contributed by atoms with Crippen LogP contribution in [-0.2, 0) is 9.53 Å². The Balaban J connectivity index is 2.63. The summed E-state index contributed by atoms with van der Waals surface area (Å²) < 4.78 is 4.94. The van der Waals surface area contributed by atoms with E-state index in [2.05, 4.69) is 19.9 Å². The maximum absolute atomic E-state index is 10.2. The summed E-state index contributed by atoms with van der Waals surface area (Å²) in [6.45, 7) is 4.76. The van der Waals surface area contributed by atoms with E-state index in [1.165, 1.54) is 0 Å². The van der Waals surface area contributed by atoms with Gasteiger partial charge in [-0.2, -0.15) is 0 Å². The molecule has 0 fully saturated rings. The predicted molar refractivity (Wildman–Crippen MR) is 47.5 cm³/mol. The summed E-state index contributed by atoms with van der Waals surface area (Å²) in [6.07, 6.45) is 7.83. The zero-order valence-electron chi connectivity index (χ0n) is 7.44. The Labute approximate surface area is 72.9 Å². The van der Waals surface area contributed by atoms with E-state index in [0.29, 0.717) is 18.3 Å². The molecule has 0 bridgehead atoms. The highest BCUT2D eigenvalue weighted by Crippen LogP contribution is 2.22. The SMILES string of the molecule is CC(C)C1C=CC=CC1OC=O. The van der Waals surface area contributed by atoms with Crippen molar-refractivity contribution in [2.24, 2.45) is 11.8 Å². The van der Waals surface area contributed by atoms with Gasteiger partial charge in [0, 0.05) is 5.92 Å². The molecule has 1 aliphatic rings. The molecule has 0 aliphatic heterocycles. The Morgan fingerprint density at radius 1 is 1.33 bits per heavy atom. The van der Waals surface area contributed by atoms with Crippen molar-refractivity contribution in [2.75, 3.05) is 0 Å². The highest BCUT2D eigenvalue weighted by Gasteiger charge is 2.22. The summed E-state index contributed by atoms with van der Waals surface area (Å²) >= 11 is 0. The fourth-order valence-corrected chi connectivity index (χ4v) is 1.41. The molecule has 0 N–H and O–H groups in total. The molecule has 0 saturated carbocycles. The molecule has 1 aliphatic carbocycles. The van der Waals surface area contributed by atoms with Gasteiger partial charge in [0.1, 0.15) is 6.10 Å². The molecule has 0 aromatic carbocycles. The lowest BCUT2D eigenvalue weighted by Gasteiger charge is -2.25. The van der Waals surface area contributed by atoms with E-state index in [4.69, 9.17) is 4.74 Å². The molecule has 2 unspecified atom stereocenters. The lowest BCUT2D eigenvalue weighted by molar-refractivity contribution is -0.133. The van der Waals surface area contributed by atoms with Crippen LogP contribution < -0.4 is 0 Å². The maximum Gasteiger partial charge on any atom is 0.293 e. The van der Waals surface area contributed by atoms with Gasteiger partial charge in [0.2, 0.25) is 0 Å². The van der Waals surface area contributed by atoms with Crippen molar-refractivity contribution in [3.63, 3.8) is 0 Å². The zero-order chi connectivity index (χ0) is 8.97. The van der Waals surface area contributed by atoms with Crippen molar-refractivity contribution in [3.8, 4) is 0 Å². The van der Waals surface area contributed by atoms with Crippen LogP contribution in [0.1, 0.15) is 13.8 Å². The molecular weight excluding hydrogens is 152 g/mol. The van der Waals surface area contributed by atoms with Crippen LogP contribution in [0.15, 0.2) is 24.3 Å². The first-order valence-corrected chi connectivity index (χ1v) is 4.20. The number of hydrogen-bond acceptors (Lipinski definition) is 2. The molecule has 0 radical (unpaired) electrons. The minimum absolute atomic E-state index is 0.0764. The van der Waals surface area contributed by atoms with E-state index in [0.717, 1.165) is 0 Å². The molecule has 0 aromatic rings. The Kier molecular flexibility index (Phi) is 3.09. The van der Waals surface area contributed by atoms with Crippen molar-refractivity contribution in [1.82, 2.24) is 0 Å². The van der Waals surface area contributed by atoms with E-state index >= 15 is 0 Å². The first-order valence-electron chi connectivity index (χ1n) is 4.20. The van der Waals surface area contributed by atoms with Gasteiger partial charge in [-0.05, 0) is 12.0 Å². The van der Waals surface area contributed by atoms with Gasteiger partial charge in [-0.3, -0.25) is 4.79 Å². The standard InChI is InChI=1S/C10H14O2/c1-8(2)9-5-3-4-6-10(9)12-7-11/h3-10H,1-2H3. The third-order valence-electron chi connectivity index (χ3n) is 2.11. The Hall–Kier alpha value is -1.05. The Morgan fingerprint density at radius 3 is 2.58 bits per heavy atom. The fraction of sp³-hybridized carbons (Fsp3) is 0.500. The van der Waals surface area contributed by atoms with E-state index in [1.54, 1.807) is 0 Å². The fourth-order valence-electron chi connectivity index (χ4n) is 1.41.